The van der Waals surface area contributed by atoms with Gasteiger partial charge in [0.05, 0.1) is 20.6 Å². The normalized spacial score (nSPS) is 15.0. The first-order valence-corrected chi connectivity index (χ1v) is 11.2. The van der Waals surface area contributed by atoms with E-state index in [9.17, 15) is 13.6 Å². The molecule has 3 aromatic carbocycles. The van der Waals surface area contributed by atoms with Gasteiger partial charge in [-0.1, -0.05) is 65.4 Å². The van der Waals surface area contributed by atoms with Crippen LogP contribution in [0.3, 0.4) is 0 Å². The summed E-state index contributed by atoms with van der Waals surface area (Å²) in [7, 11) is 0. The maximum absolute atomic E-state index is 13.9. The molecule has 1 fully saturated rings. The molecule has 0 radical (unpaired) electrons. The summed E-state index contributed by atoms with van der Waals surface area (Å²) in [6, 6.07) is 15.4. The van der Waals surface area contributed by atoms with Gasteiger partial charge in [-0.3, -0.25) is 9.69 Å². The molecule has 0 aromatic heterocycles. The van der Waals surface area contributed by atoms with Gasteiger partial charge in [0.25, 0.3) is 5.91 Å². The lowest BCUT2D eigenvalue weighted by Gasteiger charge is -2.14. The summed E-state index contributed by atoms with van der Waals surface area (Å²) in [6.45, 7) is -0.0102. The quantitative estimate of drug-likeness (QED) is 0.268. The highest BCUT2D eigenvalue weighted by Crippen LogP contribution is 2.37. The van der Waals surface area contributed by atoms with E-state index in [1.807, 2.05) is 0 Å². The lowest BCUT2D eigenvalue weighted by atomic mass is 10.2. The number of carbonyl (C=O) groups is 1. The van der Waals surface area contributed by atoms with Crippen molar-refractivity contribution in [2.45, 2.75) is 6.61 Å². The van der Waals surface area contributed by atoms with E-state index in [1.165, 1.54) is 35.2 Å². The monoisotopic (exact) mass is 507 g/mol. The summed E-state index contributed by atoms with van der Waals surface area (Å²) in [5.74, 6) is -0.804. The average molecular weight is 508 g/mol. The van der Waals surface area contributed by atoms with E-state index in [-0.39, 0.29) is 23.1 Å². The number of nitrogens with zero attached hydrogens (tertiary/aromatic N) is 1. The third kappa shape index (κ3) is 4.81. The topological polar surface area (TPSA) is 29.5 Å². The lowest BCUT2D eigenvalue weighted by Crippen LogP contribution is -2.27. The molecule has 3 nitrogen and oxygen atoms in total. The lowest BCUT2D eigenvalue weighted by molar-refractivity contribution is -0.113. The van der Waals surface area contributed by atoms with E-state index in [0.717, 1.165) is 17.3 Å². The first-order valence-electron chi connectivity index (χ1n) is 9.22. The SMILES string of the molecule is O=C1/C(=C/c2ccc(OCc3c(F)cccc3Cl)cc2)SC(=S)N1c1ccc(F)c(Cl)c1. The second-order valence-corrected chi connectivity index (χ2v) is 9.16. The van der Waals surface area contributed by atoms with Crippen molar-refractivity contribution in [1.82, 2.24) is 0 Å². The number of amides is 1. The molecule has 1 aliphatic rings. The van der Waals surface area contributed by atoms with E-state index in [0.29, 0.717) is 25.7 Å². The first kappa shape index (κ1) is 22.7. The maximum atomic E-state index is 13.9. The zero-order chi connectivity index (χ0) is 22.8. The van der Waals surface area contributed by atoms with E-state index >= 15 is 0 Å². The van der Waals surface area contributed by atoms with Crippen LogP contribution in [0.5, 0.6) is 5.75 Å². The number of carbonyl (C=O) groups excluding carboxylic acids is 1. The molecule has 0 N–H and O–H groups in total. The molecule has 0 bridgehead atoms. The van der Waals surface area contributed by atoms with Crippen LogP contribution in [0.4, 0.5) is 14.5 Å². The maximum Gasteiger partial charge on any atom is 0.270 e. The molecule has 0 aliphatic carbocycles. The minimum atomic E-state index is -0.573. The Labute approximate surface area is 202 Å². The van der Waals surface area contributed by atoms with Crippen LogP contribution in [-0.4, -0.2) is 10.2 Å². The third-order valence-corrected chi connectivity index (χ3v) is 6.52. The number of rotatable bonds is 5. The van der Waals surface area contributed by atoms with Crippen LogP contribution >= 0.6 is 47.2 Å². The number of hydrogen-bond donors (Lipinski definition) is 0. The number of anilines is 1. The smallest absolute Gasteiger partial charge is 0.270 e. The first-order chi connectivity index (χ1) is 15.3. The van der Waals surface area contributed by atoms with Crippen molar-refractivity contribution in [3.05, 3.63) is 98.4 Å². The van der Waals surface area contributed by atoms with Crippen molar-refractivity contribution in [2.24, 2.45) is 0 Å². The van der Waals surface area contributed by atoms with Crippen LogP contribution in [0.2, 0.25) is 10.0 Å². The fraction of sp³-hybridized carbons (Fsp3) is 0.0435. The highest BCUT2D eigenvalue weighted by molar-refractivity contribution is 8.27. The Hall–Kier alpha value is -2.45. The summed E-state index contributed by atoms with van der Waals surface area (Å²) >= 11 is 18.3. The van der Waals surface area contributed by atoms with Crippen LogP contribution in [-0.2, 0) is 11.4 Å². The predicted octanol–water partition coefficient (Wildman–Crippen LogP) is 7.26. The number of hydrogen-bond acceptors (Lipinski definition) is 4. The number of thioether (sulfide) groups is 1. The van der Waals surface area contributed by atoms with Crippen LogP contribution < -0.4 is 9.64 Å². The zero-order valence-corrected chi connectivity index (χ0v) is 19.3. The minimum Gasteiger partial charge on any atom is -0.489 e. The summed E-state index contributed by atoms with van der Waals surface area (Å²) in [5, 5.41) is 0.207. The van der Waals surface area contributed by atoms with Gasteiger partial charge >= 0.3 is 0 Å². The van der Waals surface area contributed by atoms with Gasteiger partial charge in [0.15, 0.2) is 4.32 Å². The van der Waals surface area contributed by atoms with Gasteiger partial charge < -0.3 is 4.74 Å². The summed E-state index contributed by atoms with van der Waals surface area (Å²) in [4.78, 5) is 14.6. The molecule has 3 aromatic rings. The number of benzene rings is 3. The molecule has 0 spiro atoms. The highest BCUT2D eigenvalue weighted by atomic mass is 35.5. The predicted molar refractivity (Wildman–Crippen MR) is 129 cm³/mol. The second-order valence-electron chi connectivity index (χ2n) is 6.67. The molecule has 32 heavy (non-hydrogen) atoms. The molecule has 1 amide bonds. The molecular formula is C23H13Cl2F2NO2S2. The molecule has 1 saturated heterocycles. The fourth-order valence-corrected chi connectivity index (χ4v) is 4.64. The van der Waals surface area contributed by atoms with Gasteiger partial charge in [-0.05, 0) is 54.1 Å². The number of thiocarbonyl (C=S) groups is 1. The Morgan fingerprint density at radius 1 is 1.00 bits per heavy atom. The molecule has 162 valence electrons. The average Bonchev–Trinajstić information content (AvgIpc) is 3.04. The van der Waals surface area contributed by atoms with Crippen molar-refractivity contribution < 1.29 is 18.3 Å². The molecule has 0 unspecified atom stereocenters. The van der Waals surface area contributed by atoms with Crippen molar-refractivity contribution in [1.29, 1.82) is 0 Å². The minimum absolute atomic E-state index is 0.0102. The second kappa shape index (κ2) is 9.58. The summed E-state index contributed by atoms with van der Waals surface area (Å²) in [5.41, 5.74) is 1.43. The van der Waals surface area contributed by atoms with Gasteiger partial charge in [-0.25, -0.2) is 8.78 Å². The molecular weight excluding hydrogens is 495 g/mol. The molecule has 9 heteroatoms. The van der Waals surface area contributed by atoms with Gasteiger partial charge in [0, 0.05) is 5.56 Å². The van der Waals surface area contributed by atoms with E-state index in [2.05, 4.69) is 0 Å². The Balaban J connectivity index is 1.47. The third-order valence-electron chi connectivity index (χ3n) is 4.58. The van der Waals surface area contributed by atoms with E-state index in [4.69, 9.17) is 40.2 Å². The van der Waals surface area contributed by atoms with Gasteiger partial charge in [-0.2, -0.15) is 0 Å². The number of ether oxygens (including phenoxy) is 1. The largest absolute Gasteiger partial charge is 0.489 e. The van der Waals surface area contributed by atoms with Gasteiger partial charge in [0.2, 0.25) is 0 Å². The zero-order valence-electron chi connectivity index (χ0n) is 16.2. The van der Waals surface area contributed by atoms with Crippen molar-refractivity contribution in [2.75, 3.05) is 4.90 Å². The Bertz CT molecular complexity index is 1230. The van der Waals surface area contributed by atoms with Gasteiger partial charge in [0.1, 0.15) is 24.0 Å². The summed E-state index contributed by atoms with van der Waals surface area (Å²) in [6.07, 6.45) is 1.70. The molecule has 0 atom stereocenters. The summed E-state index contributed by atoms with van der Waals surface area (Å²) < 4.78 is 33.3. The molecule has 4 rings (SSSR count). The molecule has 1 heterocycles. The fourth-order valence-electron chi connectivity index (χ4n) is 2.95. The molecule has 0 saturated carbocycles. The van der Waals surface area contributed by atoms with Crippen LogP contribution in [0.25, 0.3) is 6.08 Å². The van der Waals surface area contributed by atoms with Crippen LogP contribution in [0, 0.1) is 11.6 Å². The van der Waals surface area contributed by atoms with Crippen LogP contribution in [0.15, 0.2) is 65.6 Å². The Morgan fingerprint density at radius 3 is 2.44 bits per heavy atom. The van der Waals surface area contributed by atoms with Crippen molar-refractivity contribution in [3.8, 4) is 5.75 Å². The highest BCUT2D eigenvalue weighted by Gasteiger charge is 2.33. The van der Waals surface area contributed by atoms with Gasteiger partial charge in [-0.15, -0.1) is 0 Å². The molecule has 1 aliphatic heterocycles. The standard InChI is InChI=1S/C23H13Cl2F2NO2S2/c24-17-2-1-3-19(26)16(17)12-30-15-7-4-13(5-8-15)10-21-22(29)28(23(31)32-21)14-6-9-20(27)18(25)11-14/h1-11H,12H2/b21-10-. The van der Waals surface area contributed by atoms with Crippen molar-refractivity contribution >= 4 is 69.2 Å². The van der Waals surface area contributed by atoms with Crippen molar-refractivity contribution in [3.63, 3.8) is 0 Å². The number of halogens is 4. The van der Waals surface area contributed by atoms with Crippen LogP contribution in [0.1, 0.15) is 11.1 Å². The Morgan fingerprint density at radius 2 is 1.75 bits per heavy atom. The van der Waals surface area contributed by atoms with E-state index < -0.39 is 11.6 Å². The van der Waals surface area contributed by atoms with E-state index in [1.54, 1.807) is 36.4 Å². The Kier molecular flexibility index (Phi) is 6.81.